The number of hydrogen-bond acceptors (Lipinski definition) is 4. The van der Waals surface area contributed by atoms with Crippen molar-refractivity contribution in [3.63, 3.8) is 0 Å². The van der Waals surface area contributed by atoms with E-state index in [1.807, 2.05) is 62.4 Å². The van der Waals surface area contributed by atoms with Gasteiger partial charge in [0.2, 0.25) is 0 Å². The highest BCUT2D eigenvalue weighted by Gasteiger charge is 2.34. The van der Waals surface area contributed by atoms with E-state index in [4.69, 9.17) is 14.2 Å². The van der Waals surface area contributed by atoms with Gasteiger partial charge in [0.1, 0.15) is 22.8 Å². The van der Waals surface area contributed by atoms with E-state index in [9.17, 15) is 4.79 Å². The van der Waals surface area contributed by atoms with Crippen molar-refractivity contribution >= 4 is 5.91 Å². The van der Waals surface area contributed by atoms with Gasteiger partial charge in [0, 0.05) is 12.0 Å². The highest BCUT2D eigenvalue weighted by Crippen LogP contribution is 2.41. The predicted octanol–water partition coefficient (Wildman–Crippen LogP) is 3.49. The summed E-state index contributed by atoms with van der Waals surface area (Å²) in [5.74, 6) is 2.01. The van der Waals surface area contributed by atoms with E-state index in [-0.39, 0.29) is 24.2 Å². The van der Waals surface area contributed by atoms with Gasteiger partial charge in [-0.05, 0) is 44.2 Å². The smallest absolute Gasteiger partial charge is 0.258 e. The number of para-hydroxylation sites is 1. The molecule has 132 valence electrons. The van der Waals surface area contributed by atoms with Crippen LogP contribution >= 0.6 is 0 Å². The minimum absolute atomic E-state index is 0.0267. The number of ether oxygens (including phenoxy) is 3. The fraction of sp³-hybridized carbons (Fsp3) is 0.350. The van der Waals surface area contributed by atoms with Gasteiger partial charge < -0.3 is 19.5 Å². The summed E-state index contributed by atoms with van der Waals surface area (Å²) in [6, 6.07) is 14.8. The largest absolute Gasteiger partial charge is 0.497 e. The fourth-order valence-corrected chi connectivity index (χ4v) is 2.99. The third kappa shape index (κ3) is 4.24. The minimum atomic E-state index is -0.361. The first-order valence-electron chi connectivity index (χ1n) is 8.31. The molecule has 1 aliphatic rings. The monoisotopic (exact) mass is 341 g/mol. The van der Waals surface area contributed by atoms with Crippen molar-refractivity contribution in [3.05, 3.63) is 54.1 Å². The van der Waals surface area contributed by atoms with Gasteiger partial charge in [0.25, 0.3) is 5.91 Å². The molecule has 0 unspecified atom stereocenters. The maximum absolute atomic E-state index is 12.4. The lowest BCUT2D eigenvalue weighted by atomic mass is 9.89. The van der Waals surface area contributed by atoms with Gasteiger partial charge in [-0.2, -0.15) is 0 Å². The van der Waals surface area contributed by atoms with Crippen LogP contribution in [0.15, 0.2) is 48.5 Å². The Bertz CT molecular complexity index is 743. The number of carbonyl (C=O) groups excluding carboxylic acids is 1. The summed E-state index contributed by atoms with van der Waals surface area (Å²) < 4.78 is 16.8. The molecule has 1 N–H and O–H groups in total. The molecule has 0 radical (unpaired) electrons. The highest BCUT2D eigenvalue weighted by atomic mass is 16.5. The molecule has 2 aromatic rings. The van der Waals surface area contributed by atoms with Crippen LogP contribution in [0.4, 0.5) is 0 Å². The molecule has 5 heteroatoms. The number of fused-ring (bicyclic) bond motifs is 1. The number of hydrogen-bond donors (Lipinski definition) is 1. The van der Waals surface area contributed by atoms with Crippen molar-refractivity contribution in [1.29, 1.82) is 0 Å². The Kier molecular flexibility index (Phi) is 4.83. The summed E-state index contributed by atoms with van der Waals surface area (Å²) >= 11 is 0. The molecule has 1 heterocycles. The number of carbonyl (C=O) groups is 1. The van der Waals surface area contributed by atoms with Crippen LogP contribution in [-0.4, -0.2) is 25.2 Å². The molecule has 0 spiro atoms. The molecular weight excluding hydrogens is 318 g/mol. The SMILES string of the molecule is COc1ccc2c(c1)[C@H](NC(=O)COc1ccccc1)CC(C)(C)O2. The number of methoxy groups -OCH3 is 1. The molecule has 0 bridgehead atoms. The average Bonchev–Trinajstić information content (AvgIpc) is 2.60. The van der Waals surface area contributed by atoms with E-state index in [0.29, 0.717) is 12.2 Å². The molecule has 2 aromatic carbocycles. The van der Waals surface area contributed by atoms with Crippen LogP contribution in [0.5, 0.6) is 17.2 Å². The quantitative estimate of drug-likeness (QED) is 0.904. The Morgan fingerprint density at radius 2 is 1.96 bits per heavy atom. The van der Waals surface area contributed by atoms with Gasteiger partial charge in [0.05, 0.1) is 13.2 Å². The van der Waals surface area contributed by atoms with Crippen LogP contribution in [0.1, 0.15) is 31.9 Å². The lowest BCUT2D eigenvalue weighted by Crippen LogP contribution is -2.42. The van der Waals surface area contributed by atoms with E-state index < -0.39 is 0 Å². The van der Waals surface area contributed by atoms with Gasteiger partial charge >= 0.3 is 0 Å². The van der Waals surface area contributed by atoms with Crippen LogP contribution in [-0.2, 0) is 4.79 Å². The summed E-state index contributed by atoms with van der Waals surface area (Å²) in [4.78, 5) is 12.4. The van der Waals surface area contributed by atoms with Gasteiger partial charge in [0.15, 0.2) is 6.61 Å². The van der Waals surface area contributed by atoms with E-state index in [2.05, 4.69) is 5.32 Å². The molecular formula is C20H23NO4. The molecule has 25 heavy (non-hydrogen) atoms. The zero-order valence-corrected chi connectivity index (χ0v) is 14.7. The van der Waals surface area contributed by atoms with E-state index in [1.165, 1.54) is 0 Å². The van der Waals surface area contributed by atoms with Crippen LogP contribution in [0.3, 0.4) is 0 Å². The van der Waals surface area contributed by atoms with E-state index >= 15 is 0 Å². The van der Waals surface area contributed by atoms with Crippen LogP contribution in [0.2, 0.25) is 0 Å². The third-order valence-corrected chi connectivity index (χ3v) is 4.12. The first-order chi connectivity index (χ1) is 12.0. The van der Waals surface area contributed by atoms with Crippen LogP contribution < -0.4 is 19.5 Å². The van der Waals surface area contributed by atoms with Crippen LogP contribution in [0, 0.1) is 0 Å². The lowest BCUT2D eigenvalue weighted by Gasteiger charge is -2.38. The summed E-state index contributed by atoms with van der Waals surface area (Å²) in [6.07, 6.45) is 0.671. The van der Waals surface area contributed by atoms with E-state index in [1.54, 1.807) is 7.11 Å². The summed E-state index contributed by atoms with van der Waals surface area (Å²) in [5.41, 5.74) is 0.562. The summed E-state index contributed by atoms with van der Waals surface area (Å²) in [7, 11) is 1.62. The van der Waals surface area contributed by atoms with E-state index in [0.717, 1.165) is 17.1 Å². The molecule has 3 rings (SSSR count). The zero-order valence-electron chi connectivity index (χ0n) is 14.7. The van der Waals surface area contributed by atoms with Gasteiger partial charge in [-0.25, -0.2) is 0 Å². The molecule has 1 aliphatic heterocycles. The summed E-state index contributed by atoms with van der Waals surface area (Å²) in [6.45, 7) is 4.00. The maximum atomic E-state index is 12.4. The van der Waals surface area contributed by atoms with Crippen molar-refractivity contribution < 1.29 is 19.0 Å². The molecule has 1 amide bonds. The second-order valence-electron chi connectivity index (χ2n) is 6.69. The van der Waals surface area contributed by atoms with Crippen molar-refractivity contribution in [2.75, 3.05) is 13.7 Å². The van der Waals surface area contributed by atoms with Crippen molar-refractivity contribution in [2.24, 2.45) is 0 Å². The molecule has 0 aromatic heterocycles. The Hall–Kier alpha value is -2.69. The Balaban J connectivity index is 1.71. The van der Waals surface area contributed by atoms with Crippen molar-refractivity contribution in [1.82, 2.24) is 5.32 Å². The highest BCUT2D eigenvalue weighted by molar-refractivity contribution is 5.78. The molecule has 0 saturated heterocycles. The second kappa shape index (κ2) is 7.05. The normalized spacial score (nSPS) is 17.8. The van der Waals surface area contributed by atoms with Gasteiger partial charge in [-0.3, -0.25) is 4.79 Å². The molecule has 5 nitrogen and oxygen atoms in total. The summed E-state index contributed by atoms with van der Waals surface area (Å²) in [5, 5.41) is 3.05. The number of rotatable bonds is 5. The first-order valence-corrected chi connectivity index (χ1v) is 8.31. The van der Waals surface area contributed by atoms with Crippen molar-refractivity contribution in [3.8, 4) is 17.2 Å². The average molecular weight is 341 g/mol. The zero-order chi connectivity index (χ0) is 17.9. The number of nitrogens with one attached hydrogen (secondary N) is 1. The minimum Gasteiger partial charge on any atom is -0.497 e. The molecule has 0 saturated carbocycles. The Labute approximate surface area is 147 Å². The fourth-order valence-electron chi connectivity index (χ4n) is 2.99. The Morgan fingerprint density at radius 3 is 2.68 bits per heavy atom. The van der Waals surface area contributed by atoms with Crippen LogP contribution in [0.25, 0.3) is 0 Å². The number of benzene rings is 2. The predicted molar refractivity (Wildman–Crippen MR) is 95.1 cm³/mol. The molecule has 1 atom stereocenters. The lowest BCUT2D eigenvalue weighted by molar-refractivity contribution is -0.124. The third-order valence-electron chi connectivity index (χ3n) is 4.12. The number of amides is 1. The Morgan fingerprint density at radius 1 is 1.20 bits per heavy atom. The first kappa shape index (κ1) is 17.1. The van der Waals surface area contributed by atoms with Gasteiger partial charge in [-0.1, -0.05) is 18.2 Å². The topological polar surface area (TPSA) is 56.8 Å². The van der Waals surface area contributed by atoms with Crippen molar-refractivity contribution in [2.45, 2.75) is 31.9 Å². The molecule has 0 aliphatic carbocycles. The van der Waals surface area contributed by atoms with Gasteiger partial charge in [-0.15, -0.1) is 0 Å². The molecule has 0 fully saturated rings. The standard InChI is InChI=1S/C20H23NO4/c1-20(2)12-17(16-11-15(23-3)9-10-18(16)25-20)21-19(22)13-24-14-7-5-4-6-8-14/h4-11,17H,12-13H2,1-3H3,(H,21,22)/t17-/m1/s1. The maximum Gasteiger partial charge on any atom is 0.258 e. The second-order valence-corrected chi connectivity index (χ2v) is 6.69.